The van der Waals surface area contributed by atoms with Gasteiger partial charge < -0.3 is 15.5 Å². The molecule has 0 bridgehead atoms. The van der Waals surface area contributed by atoms with Crippen molar-refractivity contribution in [2.45, 2.75) is 63.3 Å². The number of alkyl halides is 3. The fraction of sp³-hybridized carbons (Fsp3) is 0.435. The van der Waals surface area contributed by atoms with Crippen LogP contribution >= 0.6 is 0 Å². The maximum absolute atomic E-state index is 14.5. The van der Waals surface area contributed by atoms with E-state index < -0.39 is 34.8 Å². The molecule has 0 radical (unpaired) electrons. The summed E-state index contributed by atoms with van der Waals surface area (Å²) in [5.41, 5.74) is -3.66. The number of hydrogen-bond donors (Lipinski definition) is 3. The Labute approximate surface area is 187 Å². The minimum Gasteiger partial charge on any atom is -0.508 e. The summed E-state index contributed by atoms with van der Waals surface area (Å²) in [7, 11) is 0. The van der Waals surface area contributed by atoms with Crippen LogP contribution in [0.3, 0.4) is 0 Å². The number of benzene rings is 1. The number of nitrogens with zero attached hydrogens (tertiary/aromatic N) is 1. The van der Waals surface area contributed by atoms with Crippen LogP contribution in [0.5, 0.6) is 5.75 Å². The average molecular weight is 468 g/mol. The Morgan fingerprint density at radius 3 is 2.42 bits per heavy atom. The Bertz CT molecular complexity index is 1080. The SMILES string of the molecule is CC[C@@](C)(O)c1cc(F)c(CC(=O)Cc2ccnc(C(=O)NC3(C(F)(F)F)CC3)c2)cc1O. The summed E-state index contributed by atoms with van der Waals surface area (Å²) in [4.78, 5) is 28.5. The number of aromatic nitrogens is 1. The van der Waals surface area contributed by atoms with E-state index in [0.717, 1.165) is 12.1 Å². The highest BCUT2D eigenvalue weighted by molar-refractivity contribution is 5.93. The van der Waals surface area contributed by atoms with E-state index in [1.54, 1.807) is 6.92 Å². The zero-order valence-electron chi connectivity index (χ0n) is 18.1. The van der Waals surface area contributed by atoms with Crippen LogP contribution in [0, 0.1) is 5.82 Å². The van der Waals surface area contributed by atoms with E-state index in [1.807, 2.05) is 5.32 Å². The van der Waals surface area contributed by atoms with Gasteiger partial charge in [-0.2, -0.15) is 13.2 Å². The number of aliphatic hydroxyl groups is 1. The minimum atomic E-state index is -4.56. The zero-order chi connectivity index (χ0) is 24.6. The molecular formula is C23H24F4N2O4. The van der Waals surface area contributed by atoms with Gasteiger partial charge in [0.1, 0.15) is 28.6 Å². The Morgan fingerprint density at radius 1 is 1.18 bits per heavy atom. The number of phenols is 1. The van der Waals surface area contributed by atoms with Gasteiger partial charge in [-0.3, -0.25) is 14.6 Å². The highest BCUT2D eigenvalue weighted by Crippen LogP contribution is 2.49. The lowest BCUT2D eigenvalue weighted by Gasteiger charge is -2.23. The summed E-state index contributed by atoms with van der Waals surface area (Å²) < 4.78 is 53.7. The van der Waals surface area contributed by atoms with Crippen molar-refractivity contribution in [1.29, 1.82) is 0 Å². The monoisotopic (exact) mass is 468 g/mol. The molecule has 1 amide bonds. The summed E-state index contributed by atoms with van der Waals surface area (Å²) in [6.45, 7) is 3.11. The lowest BCUT2D eigenvalue weighted by molar-refractivity contribution is -0.163. The summed E-state index contributed by atoms with van der Waals surface area (Å²) in [5, 5.41) is 22.4. The molecule has 1 aromatic carbocycles. The molecule has 1 fully saturated rings. The number of nitrogens with one attached hydrogen (secondary N) is 1. The van der Waals surface area contributed by atoms with Gasteiger partial charge in [0.15, 0.2) is 0 Å². The van der Waals surface area contributed by atoms with Crippen LogP contribution in [0.2, 0.25) is 0 Å². The third-order valence-electron chi connectivity index (χ3n) is 5.92. The topological polar surface area (TPSA) is 99.5 Å². The second-order valence-corrected chi connectivity index (χ2v) is 8.56. The van der Waals surface area contributed by atoms with E-state index in [0.29, 0.717) is 5.56 Å². The summed E-state index contributed by atoms with van der Waals surface area (Å²) in [5.74, 6) is -2.54. The van der Waals surface area contributed by atoms with E-state index in [1.165, 1.54) is 25.3 Å². The van der Waals surface area contributed by atoms with E-state index in [-0.39, 0.29) is 54.7 Å². The smallest absolute Gasteiger partial charge is 0.411 e. The van der Waals surface area contributed by atoms with Crippen molar-refractivity contribution in [2.75, 3.05) is 0 Å². The first-order chi connectivity index (χ1) is 15.3. The molecule has 2 aromatic rings. The average Bonchev–Trinajstić information content (AvgIpc) is 3.51. The number of rotatable bonds is 8. The molecule has 10 heteroatoms. The van der Waals surface area contributed by atoms with Gasteiger partial charge in [0.25, 0.3) is 5.91 Å². The van der Waals surface area contributed by atoms with Gasteiger partial charge in [0.2, 0.25) is 0 Å². The van der Waals surface area contributed by atoms with Gasteiger partial charge in [0, 0.05) is 24.6 Å². The van der Waals surface area contributed by atoms with Crippen LogP contribution in [-0.4, -0.2) is 38.6 Å². The molecule has 0 spiro atoms. The quantitative estimate of drug-likeness (QED) is 0.513. The number of phenolic OH excluding ortho intramolecular Hbond substituents is 1. The Balaban J connectivity index is 1.69. The molecule has 3 rings (SSSR count). The standard InChI is InChI=1S/C23H24F4N2O4/c1-3-21(2,33)16-12-17(24)14(11-19(16)31)10-15(30)8-13-4-7-28-18(9-13)20(32)29-22(5-6-22)23(25,26)27/h4,7,9,11-12,31,33H,3,5-6,8,10H2,1-2H3,(H,29,32)/t21-/m1/s1. The summed E-state index contributed by atoms with van der Waals surface area (Å²) >= 11 is 0. The van der Waals surface area contributed by atoms with Gasteiger partial charge in [-0.25, -0.2) is 4.39 Å². The molecule has 0 saturated heterocycles. The largest absolute Gasteiger partial charge is 0.508 e. The van der Waals surface area contributed by atoms with Crippen molar-refractivity contribution in [1.82, 2.24) is 10.3 Å². The van der Waals surface area contributed by atoms with Gasteiger partial charge in [-0.05, 0) is 61.6 Å². The number of carbonyl (C=O) groups excluding carboxylic acids is 2. The molecule has 1 heterocycles. The zero-order valence-corrected chi connectivity index (χ0v) is 18.1. The highest BCUT2D eigenvalue weighted by Gasteiger charge is 2.64. The van der Waals surface area contributed by atoms with Crippen molar-refractivity contribution in [3.63, 3.8) is 0 Å². The van der Waals surface area contributed by atoms with E-state index in [9.17, 15) is 37.4 Å². The lowest BCUT2D eigenvalue weighted by atomic mass is 9.90. The number of carbonyl (C=O) groups is 2. The molecule has 0 unspecified atom stereocenters. The highest BCUT2D eigenvalue weighted by atomic mass is 19.4. The number of hydrogen-bond acceptors (Lipinski definition) is 5. The van der Waals surface area contributed by atoms with Crippen molar-refractivity contribution < 1.29 is 37.4 Å². The number of pyridine rings is 1. The van der Waals surface area contributed by atoms with E-state index >= 15 is 0 Å². The van der Waals surface area contributed by atoms with E-state index in [2.05, 4.69) is 4.98 Å². The Morgan fingerprint density at radius 2 is 1.85 bits per heavy atom. The van der Waals surface area contributed by atoms with Crippen LogP contribution in [-0.2, 0) is 23.2 Å². The fourth-order valence-corrected chi connectivity index (χ4v) is 3.46. The lowest BCUT2D eigenvalue weighted by Crippen LogP contribution is -2.48. The molecule has 0 aliphatic heterocycles. The van der Waals surface area contributed by atoms with Crippen molar-refractivity contribution in [3.8, 4) is 5.75 Å². The fourth-order valence-electron chi connectivity index (χ4n) is 3.46. The minimum absolute atomic E-state index is 0.00998. The first-order valence-electron chi connectivity index (χ1n) is 10.4. The van der Waals surface area contributed by atoms with E-state index in [4.69, 9.17) is 0 Å². The molecule has 33 heavy (non-hydrogen) atoms. The number of Topliss-reactive ketones (excluding diaryl/α,β-unsaturated/α-hetero) is 1. The van der Waals surface area contributed by atoms with Crippen LogP contribution in [0.25, 0.3) is 0 Å². The van der Waals surface area contributed by atoms with Crippen LogP contribution in [0.1, 0.15) is 60.3 Å². The molecule has 1 aliphatic rings. The molecule has 1 aliphatic carbocycles. The van der Waals surface area contributed by atoms with Crippen molar-refractivity contribution in [2.24, 2.45) is 0 Å². The maximum Gasteiger partial charge on any atom is 0.411 e. The summed E-state index contributed by atoms with van der Waals surface area (Å²) in [6, 6.07) is 4.73. The molecule has 178 valence electrons. The van der Waals surface area contributed by atoms with Crippen molar-refractivity contribution in [3.05, 3.63) is 58.7 Å². The number of halogens is 4. The Hall–Kier alpha value is -3.01. The first kappa shape index (κ1) is 24.6. The summed E-state index contributed by atoms with van der Waals surface area (Å²) in [6.07, 6.45) is -4.11. The number of aromatic hydroxyl groups is 1. The van der Waals surface area contributed by atoms with Crippen LogP contribution < -0.4 is 5.32 Å². The molecule has 1 aromatic heterocycles. The number of ketones is 1. The second-order valence-electron chi connectivity index (χ2n) is 8.56. The predicted octanol–water partition coefficient (Wildman–Crippen LogP) is 3.72. The van der Waals surface area contributed by atoms with Gasteiger partial charge in [-0.15, -0.1) is 0 Å². The van der Waals surface area contributed by atoms with Gasteiger partial charge >= 0.3 is 6.18 Å². The normalized spacial score (nSPS) is 16.7. The molecule has 6 nitrogen and oxygen atoms in total. The van der Waals surface area contributed by atoms with Crippen molar-refractivity contribution >= 4 is 11.7 Å². The molecule has 1 atom stereocenters. The van der Waals surface area contributed by atoms with Gasteiger partial charge in [0.05, 0.1) is 5.60 Å². The Kier molecular flexibility index (Phi) is 6.52. The third-order valence-corrected chi connectivity index (χ3v) is 5.92. The third kappa shape index (κ3) is 5.32. The van der Waals surface area contributed by atoms with Crippen LogP contribution in [0.15, 0.2) is 30.5 Å². The second kappa shape index (κ2) is 8.74. The molecular weight excluding hydrogens is 444 g/mol. The van der Waals surface area contributed by atoms with Gasteiger partial charge in [-0.1, -0.05) is 6.92 Å². The molecule has 3 N–H and O–H groups in total. The van der Waals surface area contributed by atoms with Crippen LogP contribution in [0.4, 0.5) is 17.6 Å². The first-order valence-corrected chi connectivity index (χ1v) is 10.4. The predicted molar refractivity (Wildman–Crippen MR) is 110 cm³/mol. The number of amides is 1. The maximum atomic E-state index is 14.5. The molecule has 1 saturated carbocycles.